The first-order chi connectivity index (χ1) is 9.19. The van der Waals surface area contributed by atoms with Crippen molar-refractivity contribution in [1.29, 1.82) is 0 Å². The molecule has 0 fully saturated rings. The Bertz CT molecular complexity index is 661. The van der Waals surface area contributed by atoms with Gasteiger partial charge in [0, 0.05) is 11.3 Å². The normalized spacial score (nSPS) is 10.0. The number of hydrogen-bond donors (Lipinski definition) is 1. The van der Waals surface area contributed by atoms with Crippen molar-refractivity contribution in [2.24, 2.45) is 0 Å². The summed E-state index contributed by atoms with van der Waals surface area (Å²) in [6, 6.07) is 8.46. The standard InChI is InChI=1S/C14H13NO4/c1-18-12-6-4-9(7-13(12)19-2)11-5-3-10(8-16)14(17)15-11/h3-8H,1-2H3,(H,15,17). The van der Waals surface area contributed by atoms with Gasteiger partial charge in [0.2, 0.25) is 0 Å². The van der Waals surface area contributed by atoms with Crippen LogP contribution < -0.4 is 15.0 Å². The van der Waals surface area contributed by atoms with Crippen LogP contribution in [0.3, 0.4) is 0 Å². The Kier molecular flexibility index (Phi) is 3.66. The number of benzene rings is 1. The van der Waals surface area contributed by atoms with Crippen LogP contribution in [0.4, 0.5) is 0 Å². The third-order valence-electron chi connectivity index (χ3n) is 2.76. The van der Waals surface area contributed by atoms with E-state index in [9.17, 15) is 9.59 Å². The van der Waals surface area contributed by atoms with E-state index >= 15 is 0 Å². The van der Waals surface area contributed by atoms with E-state index in [-0.39, 0.29) is 5.56 Å². The first-order valence-corrected chi connectivity index (χ1v) is 5.60. The fourth-order valence-corrected chi connectivity index (χ4v) is 1.75. The van der Waals surface area contributed by atoms with Gasteiger partial charge < -0.3 is 14.5 Å². The molecule has 2 rings (SSSR count). The molecule has 0 unspecified atom stereocenters. The number of ether oxygens (including phenoxy) is 2. The van der Waals surface area contributed by atoms with Crippen LogP contribution >= 0.6 is 0 Å². The lowest BCUT2D eigenvalue weighted by molar-refractivity contribution is 0.112. The third-order valence-corrected chi connectivity index (χ3v) is 2.76. The van der Waals surface area contributed by atoms with Gasteiger partial charge in [0.05, 0.1) is 19.8 Å². The molecule has 0 aliphatic carbocycles. The molecule has 0 radical (unpaired) electrons. The summed E-state index contributed by atoms with van der Waals surface area (Å²) in [5, 5.41) is 0. The van der Waals surface area contributed by atoms with Crippen LogP contribution in [0.5, 0.6) is 11.5 Å². The van der Waals surface area contributed by atoms with E-state index in [1.165, 1.54) is 6.07 Å². The minimum absolute atomic E-state index is 0.101. The molecule has 0 spiro atoms. The summed E-state index contributed by atoms with van der Waals surface area (Å²) < 4.78 is 10.3. The van der Waals surface area contributed by atoms with E-state index in [1.807, 2.05) is 0 Å². The van der Waals surface area contributed by atoms with Crippen molar-refractivity contribution in [3.8, 4) is 22.8 Å². The second-order valence-corrected chi connectivity index (χ2v) is 3.84. The maximum Gasteiger partial charge on any atom is 0.258 e. The molecule has 2 aromatic rings. The molecule has 5 heteroatoms. The average Bonchev–Trinajstić information content (AvgIpc) is 2.46. The average molecular weight is 259 g/mol. The molecule has 0 atom stereocenters. The van der Waals surface area contributed by atoms with E-state index < -0.39 is 5.56 Å². The fraction of sp³-hybridized carbons (Fsp3) is 0.143. The Balaban J connectivity index is 2.50. The number of aromatic amines is 1. The van der Waals surface area contributed by atoms with Crippen LogP contribution in [0.1, 0.15) is 10.4 Å². The number of rotatable bonds is 4. The van der Waals surface area contributed by atoms with E-state index in [4.69, 9.17) is 9.47 Å². The van der Waals surface area contributed by atoms with Crippen LogP contribution in [-0.4, -0.2) is 25.5 Å². The minimum atomic E-state index is -0.415. The van der Waals surface area contributed by atoms with E-state index in [1.54, 1.807) is 38.5 Å². The second kappa shape index (κ2) is 5.39. The maximum atomic E-state index is 11.6. The van der Waals surface area contributed by atoms with Gasteiger partial charge in [-0.05, 0) is 30.3 Å². The number of H-pyrrole nitrogens is 1. The van der Waals surface area contributed by atoms with Crippen molar-refractivity contribution < 1.29 is 14.3 Å². The summed E-state index contributed by atoms with van der Waals surface area (Å²) >= 11 is 0. The number of nitrogens with one attached hydrogen (secondary N) is 1. The van der Waals surface area contributed by atoms with Crippen molar-refractivity contribution >= 4 is 6.29 Å². The van der Waals surface area contributed by atoms with Gasteiger partial charge in [-0.2, -0.15) is 0 Å². The van der Waals surface area contributed by atoms with Gasteiger partial charge in [0.1, 0.15) is 0 Å². The smallest absolute Gasteiger partial charge is 0.258 e. The molecule has 0 aliphatic heterocycles. The zero-order valence-electron chi connectivity index (χ0n) is 10.6. The van der Waals surface area contributed by atoms with Gasteiger partial charge in [0.15, 0.2) is 17.8 Å². The minimum Gasteiger partial charge on any atom is -0.493 e. The largest absolute Gasteiger partial charge is 0.493 e. The van der Waals surface area contributed by atoms with Crippen molar-refractivity contribution in [2.45, 2.75) is 0 Å². The lowest BCUT2D eigenvalue weighted by Gasteiger charge is -2.09. The second-order valence-electron chi connectivity index (χ2n) is 3.84. The number of aldehydes is 1. The van der Waals surface area contributed by atoms with Crippen LogP contribution in [0.25, 0.3) is 11.3 Å². The van der Waals surface area contributed by atoms with Gasteiger partial charge in [0.25, 0.3) is 5.56 Å². The molecule has 0 saturated carbocycles. The molecule has 0 bridgehead atoms. The number of methoxy groups -OCH3 is 2. The Morgan fingerprint density at radius 1 is 1.05 bits per heavy atom. The topological polar surface area (TPSA) is 68.4 Å². The highest BCUT2D eigenvalue weighted by Crippen LogP contribution is 2.31. The van der Waals surface area contributed by atoms with E-state index in [0.29, 0.717) is 23.5 Å². The molecule has 5 nitrogen and oxygen atoms in total. The molecule has 1 aromatic heterocycles. The number of pyridine rings is 1. The summed E-state index contributed by atoms with van der Waals surface area (Å²) in [7, 11) is 3.10. The van der Waals surface area contributed by atoms with Crippen molar-refractivity contribution in [1.82, 2.24) is 4.98 Å². The molecule has 1 N–H and O–H groups in total. The monoisotopic (exact) mass is 259 g/mol. The van der Waals surface area contributed by atoms with Crippen LogP contribution in [0, 0.1) is 0 Å². The Hall–Kier alpha value is -2.56. The van der Waals surface area contributed by atoms with Crippen molar-refractivity contribution in [2.75, 3.05) is 14.2 Å². The lowest BCUT2D eigenvalue weighted by atomic mass is 10.1. The highest BCUT2D eigenvalue weighted by Gasteiger charge is 2.07. The number of carbonyl (C=O) groups excluding carboxylic acids is 1. The summed E-state index contributed by atoms with van der Waals surface area (Å²) in [5.41, 5.74) is 1.07. The third kappa shape index (κ3) is 2.49. The van der Waals surface area contributed by atoms with Gasteiger partial charge >= 0.3 is 0 Å². The number of hydrogen-bond acceptors (Lipinski definition) is 4. The highest BCUT2D eigenvalue weighted by molar-refractivity contribution is 5.75. The van der Waals surface area contributed by atoms with Crippen molar-refractivity contribution in [3.05, 3.63) is 46.2 Å². The van der Waals surface area contributed by atoms with Gasteiger partial charge in [-0.15, -0.1) is 0 Å². The van der Waals surface area contributed by atoms with Gasteiger partial charge in [-0.1, -0.05) is 0 Å². The first kappa shape index (κ1) is 12.9. The van der Waals surface area contributed by atoms with Crippen molar-refractivity contribution in [3.63, 3.8) is 0 Å². The van der Waals surface area contributed by atoms with Gasteiger partial charge in [-0.3, -0.25) is 9.59 Å². The Labute approximate surface area is 109 Å². The van der Waals surface area contributed by atoms with Crippen LogP contribution in [0.15, 0.2) is 35.1 Å². The summed E-state index contributed by atoms with van der Waals surface area (Å²) in [4.78, 5) is 24.8. The zero-order valence-corrected chi connectivity index (χ0v) is 10.6. The molecule has 19 heavy (non-hydrogen) atoms. The van der Waals surface area contributed by atoms with E-state index in [2.05, 4.69) is 4.98 Å². The Morgan fingerprint density at radius 3 is 2.37 bits per heavy atom. The lowest BCUT2D eigenvalue weighted by Crippen LogP contribution is -2.11. The molecule has 0 amide bonds. The quantitative estimate of drug-likeness (QED) is 0.851. The molecular formula is C14H13NO4. The van der Waals surface area contributed by atoms with Crippen LogP contribution in [-0.2, 0) is 0 Å². The SMILES string of the molecule is COc1ccc(-c2ccc(C=O)c(=O)[nH]2)cc1OC. The predicted molar refractivity (Wildman–Crippen MR) is 71.0 cm³/mol. The number of aromatic nitrogens is 1. The molecule has 1 aromatic carbocycles. The molecule has 1 heterocycles. The summed E-state index contributed by atoms with van der Waals surface area (Å²) in [6.45, 7) is 0. The number of carbonyl (C=O) groups is 1. The maximum absolute atomic E-state index is 11.6. The molecule has 0 aliphatic rings. The van der Waals surface area contributed by atoms with Crippen LogP contribution in [0.2, 0.25) is 0 Å². The molecule has 0 saturated heterocycles. The van der Waals surface area contributed by atoms with Gasteiger partial charge in [-0.25, -0.2) is 0 Å². The predicted octanol–water partition coefficient (Wildman–Crippen LogP) is 1.87. The molecule has 98 valence electrons. The Morgan fingerprint density at radius 2 is 1.79 bits per heavy atom. The summed E-state index contributed by atoms with van der Waals surface area (Å²) in [5.74, 6) is 1.18. The van der Waals surface area contributed by atoms with E-state index in [0.717, 1.165) is 5.56 Å². The molecular weight excluding hydrogens is 246 g/mol. The highest BCUT2D eigenvalue weighted by atomic mass is 16.5. The first-order valence-electron chi connectivity index (χ1n) is 5.60. The summed E-state index contributed by atoms with van der Waals surface area (Å²) in [6.07, 6.45) is 0.525. The zero-order chi connectivity index (χ0) is 13.8. The fourth-order valence-electron chi connectivity index (χ4n) is 1.75.